The fourth-order valence-corrected chi connectivity index (χ4v) is 2.42. The predicted octanol–water partition coefficient (Wildman–Crippen LogP) is 3.61. The first kappa shape index (κ1) is 14.3. The SMILES string of the molecule is Cc1cccc(-c2nc(Nc3ccncc3F)c3cc[nH]c3n2)n1. The van der Waals surface area contributed by atoms with Crippen molar-refractivity contribution in [1.29, 1.82) is 0 Å². The molecule has 4 heterocycles. The lowest BCUT2D eigenvalue weighted by Crippen LogP contribution is -2.01. The molecule has 0 spiro atoms. The van der Waals surface area contributed by atoms with Gasteiger partial charge in [-0.25, -0.2) is 19.3 Å². The van der Waals surface area contributed by atoms with Gasteiger partial charge < -0.3 is 10.3 Å². The third-order valence-electron chi connectivity index (χ3n) is 3.56. The Morgan fingerprint density at radius 3 is 2.83 bits per heavy atom. The number of nitrogens with one attached hydrogen (secondary N) is 2. The maximum absolute atomic E-state index is 13.9. The second-order valence-electron chi connectivity index (χ2n) is 5.28. The number of nitrogens with zero attached hydrogens (tertiary/aromatic N) is 4. The average molecular weight is 320 g/mol. The Labute approximate surface area is 136 Å². The zero-order valence-corrected chi connectivity index (χ0v) is 12.8. The summed E-state index contributed by atoms with van der Waals surface area (Å²) in [5, 5.41) is 3.78. The molecule has 4 aromatic heterocycles. The minimum absolute atomic E-state index is 0.300. The van der Waals surface area contributed by atoms with Crippen LogP contribution in [0.4, 0.5) is 15.9 Å². The van der Waals surface area contributed by atoms with E-state index in [-0.39, 0.29) is 0 Å². The lowest BCUT2D eigenvalue weighted by Gasteiger charge is -2.09. The molecule has 0 saturated carbocycles. The fraction of sp³-hybridized carbons (Fsp3) is 0.0588. The molecule has 0 radical (unpaired) electrons. The smallest absolute Gasteiger partial charge is 0.182 e. The monoisotopic (exact) mass is 320 g/mol. The number of aromatic nitrogens is 5. The normalized spacial score (nSPS) is 10.9. The highest BCUT2D eigenvalue weighted by atomic mass is 19.1. The Hall–Kier alpha value is -3.35. The number of halogens is 1. The van der Waals surface area contributed by atoms with Crippen molar-refractivity contribution in [3.05, 3.63) is 60.4 Å². The van der Waals surface area contributed by atoms with Crippen LogP contribution in [0.25, 0.3) is 22.6 Å². The van der Waals surface area contributed by atoms with Crippen molar-refractivity contribution < 1.29 is 4.39 Å². The van der Waals surface area contributed by atoms with Gasteiger partial charge in [0.1, 0.15) is 17.2 Å². The highest BCUT2D eigenvalue weighted by molar-refractivity contribution is 5.90. The molecule has 7 heteroatoms. The summed E-state index contributed by atoms with van der Waals surface area (Å²) in [5.41, 5.74) is 2.48. The Kier molecular flexibility index (Phi) is 3.38. The molecule has 0 atom stereocenters. The summed E-state index contributed by atoms with van der Waals surface area (Å²) in [4.78, 5) is 20.3. The predicted molar refractivity (Wildman–Crippen MR) is 89.3 cm³/mol. The molecular formula is C17H13FN6. The van der Waals surface area contributed by atoms with Crippen molar-refractivity contribution in [1.82, 2.24) is 24.9 Å². The molecule has 0 unspecified atom stereocenters. The molecule has 0 fully saturated rings. The molecule has 2 N–H and O–H groups in total. The average Bonchev–Trinajstić information content (AvgIpc) is 3.06. The van der Waals surface area contributed by atoms with Gasteiger partial charge in [0.05, 0.1) is 17.3 Å². The molecular weight excluding hydrogens is 307 g/mol. The lowest BCUT2D eigenvalue weighted by atomic mass is 10.3. The summed E-state index contributed by atoms with van der Waals surface area (Å²) in [6.45, 7) is 1.90. The number of fused-ring (bicyclic) bond motifs is 1. The lowest BCUT2D eigenvalue weighted by molar-refractivity contribution is 0.625. The third-order valence-corrected chi connectivity index (χ3v) is 3.56. The Bertz CT molecular complexity index is 1030. The topological polar surface area (TPSA) is 79.4 Å². The molecule has 4 rings (SSSR count). The zero-order chi connectivity index (χ0) is 16.5. The van der Waals surface area contributed by atoms with Crippen LogP contribution in [0.5, 0.6) is 0 Å². The zero-order valence-electron chi connectivity index (χ0n) is 12.8. The summed E-state index contributed by atoms with van der Waals surface area (Å²) in [6, 6.07) is 9.04. The summed E-state index contributed by atoms with van der Waals surface area (Å²) in [5.74, 6) is 0.519. The highest BCUT2D eigenvalue weighted by Crippen LogP contribution is 2.27. The van der Waals surface area contributed by atoms with Gasteiger partial charge in [-0.15, -0.1) is 0 Å². The van der Waals surface area contributed by atoms with E-state index in [1.165, 1.54) is 6.20 Å². The van der Waals surface area contributed by atoms with Crippen LogP contribution in [0.2, 0.25) is 0 Å². The van der Waals surface area contributed by atoms with E-state index >= 15 is 0 Å². The molecule has 0 aliphatic carbocycles. The third kappa shape index (κ3) is 2.56. The molecule has 4 aromatic rings. The summed E-state index contributed by atoms with van der Waals surface area (Å²) in [7, 11) is 0. The van der Waals surface area contributed by atoms with Crippen molar-refractivity contribution in [2.75, 3.05) is 5.32 Å². The molecule has 0 amide bonds. The minimum Gasteiger partial charge on any atom is -0.346 e. The van der Waals surface area contributed by atoms with E-state index in [9.17, 15) is 4.39 Å². The Morgan fingerprint density at radius 1 is 1.08 bits per heavy atom. The van der Waals surface area contributed by atoms with Gasteiger partial charge in [-0.05, 0) is 31.2 Å². The van der Waals surface area contributed by atoms with E-state index in [4.69, 9.17) is 0 Å². The largest absolute Gasteiger partial charge is 0.346 e. The van der Waals surface area contributed by atoms with Gasteiger partial charge in [0.2, 0.25) is 0 Å². The molecule has 0 saturated heterocycles. The standard InChI is InChI=1S/C17H13FN6/c1-10-3-2-4-14(21-10)17-23-15-11(5-8-20-15)16(24-17)22-13-6-7-19-9-12(13)18/h2-9H,1H3,(H2,19,20,22,23,24). The first-order valence-corrected chi connectivity index (χ1v) is 7.36. The number of anilines is 2. The quantitative estimate of drug-likeness (QED) is 0.603. The molecule has 0 aliphatic rings. The highest BCUT2D eigenvalue weighted by Gasteiger charge is 2.13. The van der Waals surface area contributed by atoms with Crippen LogP contribution in [0.3, 0.4) is 0 Å². The molecule has 0 aromatic carbocycles. The van der Waals surface area contributed by atoms with Crippen LogP contribution in [-0.4, -0.2) is 24.9 Å². The first-order valence-electron chi connectivity index (χ1n) is 7.36. The van der Waals surface area contributed by atoms with E-state index in [1.807, 2.05) is 31.2 Å². The molecule has 24 heavy (non-hydrogen) atoms. The van der Waals surface area contributed by atoms with Gasteiger partial charge in [0.25, 0.3) is 0 Å². The van der Waals surface area contributed by atoms with Crippen molar-refractivity contribution in [2.24, 2.45) is 0 Å². The minimum atomic E-state index is -0.449. The van der Waals surface area contributed by atoms with Gasteiger partial charge in [-0.3, -0.25) is 4.98 Å². The molecule has 0 aliphatic heterocycles. The first-order chi connectivity index (χ1) is 11.7. The van der Waals surface area contributed by atoms with Gasteiger partial charge in [0.15, 0.2) is 11.6 Å². The van der Waals surface area contributed by atoms with E-state index in [2.05, 4.69) is 30.2 Å². The van der Waals surface area contributed by atoms with Gasteiger partial charge >= 0.3 is 0 Å². The number of hydrogen-bond acceptors (Lipinski definition) is 5. The van der Waals surface area contributed by atoms with Crippen molar-refractivity contribution in [3.63, 3.8) is 0 Å². The number of aromatic amines is 1. The Morgan fingerprint density at radius 2 is 2.00 bits per heavy atom. The summed E-state index contributed by atoms with van der Waals surface area (Å²) in [6.07, 6.45) is 4.44. The van der Waals surface area contributed by atoms with Crippen molar-refractivity contribution in [3.8, 4) is 11.5 Å². The number of H-pyrrole nitrogens is 1. The van der Waals surface area contributed by atoms with E-state index in [0.717, 1.165) is 17.3 Å². The molecule has 6 nitrogen and oxygen atoms in total. The second kappa shape index (κ2) is 5.69. The van der Waals surface area contributed by atoms with E-state index < -0.39 is 5.82 Å². The van der Waals surface area contributed by atoms with E-state index in [0.29, 0.717) is 28.7 Å². The van der Waals surface area contributed by atoms with Crippen LogP contribution in [-0.2, 0) is 0 Å². The Balaban J connectivity index is 1.85. The van der Waals surface area contributed by atoms with Crippen LogP contribution >= 0.6 is 0 Å². The van der Waals surface area contributed by atoms with Gasteiger partial charge in [-0.2, -0.15) is 0 Å². The molecule has 118 valence electrons. The number of hydrogen-bond donors (Lipinski definition) is 2. The van der Waals surface area contributed by atoms with Crippen LogP contribution in [0, 0.1) is 12.7 Å². The molecule has 0 bridgehead atoms. The van der Waals surface area contributed by atoms with Crippen LogP contribution in [0.15, 0.2) is 48.9 Å². The maximum Gasteiger partial charge on any atom is 0.182 e. The second-order valence-corrected chi connectivity index (χ2v) is 5.28. The van der Waals surface area contributed by atoms with Gasteiger partial charge in [-0.1, -0.05) is 6.07 Å². The number of aryl methyl sites for hydroxylation is 1. The number of rotatable bonds is 3. The maximum atomic E-state index is 13.9. The van der Waals surface area contributed by atoms with Crippen molar-refractivity contribution in [2.45, 2.75) is 6.92 Å². The van der Waals surface area contributed by atoms with Gasteiger partial charge in [0, 0.05) is 18.1 Å². The summed E-state index contributed by atoms with van der Waals surface area (Å²) < 4.78 is 13.9. The van der Waals surface area contributed by atoms with Crippen molar-refractivity contribution >= 4 is 22.5 Å². The fourth-order valence-electron chi connectivity index (χ4n) is 2.42. The van der Waals surface area contributed by atoms with Crippen LogP contribution in [0.1, 0.15) is 5.69 Å². The summed E-state index contributed by atoms with van der Waals surface area (Å²) >= 11 is 0. The number of pyridine rings is 2. The van der Waals surface area contributed by atoms with Crippen LogP contribution < -0.4 is 5.32 Å². The van der Waals surface area contributed by atoms with E-state index in [1.54, 1.807) is 12.3 Å².